The van der Waals surface area contributed by atoms with Crippen LogP contribution >= 0.6 is 0 Å². The van der Waals surface area contributed by atoms with E-state index in [1.807, 2.05) is 0 Å². The Labute approximate surface area is 130 Å². The Bertz CT molecular complexity index is 732. The highest BCUT2D eigenvalue weighted by molar-refractivity contribution is 5.88. The maximum absolute atomic E-state index is 12.6. The number of benzene rings is 1. The van der Waals surface area contributed by atoms with Crippen molar-refractivity contribution in [3.8, 4) is 0 Å². The highest BCUT2D eigenvalue weighted by Crippen LogP contribution is 2.29. The summed E-state index contributed by atoms with van der Waals surface area (Å²) in [5, 5.41) is 0. The molecule has 0 saturated carbocycles. The zero-order chi connectivity index (χ0) is 17.0. The van der Waals surface area contributed by atoms with Gasteiger partial charge in [-0.2, -0.15) is 13.2 Å². The van der Waals surface area contributed by atoms with Crippen LogP contribution in [0.25, 0.3) is 12.2 Å². The molecule has 0 aliphatic carbocycles. The number of esters is 1. The fraction of sp³-hybridized carbons (Fsp3) is 0.250. The second kappa shape index (κ2) is 6.68. The Morgan fingerprint density at radius 3 is 2.74 bits per heavy atom. The van der Waals surface area contributed by atoms with E-state index in [4.69, 9.17) is 9.15 Å². The lowest BCUT2D eigenvalue weighted by molar-refractivity contribution is -0.137. The van der Waals surface area contributed by atoms with E-state index in [0.29, 0.717) is 5.56 Å². The number of carbonyl (C=O) groups is 1. The normalized spacial score (nSPS) is 11.9. The molecule has 0 fully saturated rings. The molecule has 0 unspecified atom stereocenters. The summed E-state index contributed by atoms with van der Waals surface area (Å²) >= 11 is 0. The summed E-state index contributed by atoms with van der Waals surface area (Å²) in [7, 11) is 0. The molecule has 0 aliphatic rings. The second-order valence-corrected chi connectivity index (χ2v) is 4.63. The molecule has 2 aromatic rings. The maximum Gasteiger partial charge on any atom is 0.416 e. The lowest BCUT2D eigenvalue weighted by Gasteiger charge is -2.06. The van der Waals surface area contributed by atoms with Crippen molar-refractivity contribution in [3.63, 3.8) is 0 Å². The van der Waals surface area contributed by atoms with Crippen LogP contribution in [0.3, 0.4) is 0 Å². The van der Waals surface area contributed by atoms with Crippen LogP contribution in [0.15, 0.2) is 28.7 Å². The fourth-order valence-electron chi connectivity index (χ4n) is 1.86. The molecule has 0 atom stereocenters. The third kappa shape index (κ3) is 4.21. The lowest BCUT2D eigenvalue weighted by atomic mass is 10.1. The summed E-state index contributed by atoms with van der Waals surface area (Å²) in [5.41, 5.74) is -0.348. The Morgan fingerprint density at radius 2 is 2.09 bits per heavy atom. The van der Waals surface area contributed by atoms with E-state index in [1.54, 1.807) is 13.8 Å². The Kier molecular flexibility index (Phi) is 4.88. The Hall–Kier alpha value is -2.57. The van der Waals surface area contributed by atoms with Gasteiger partial charge in [0.05, 0.1) is 12.2 Å². The topological polar surface area (TPSA) is 52.3 Å². The number of ether oxygens (including phenoxy) is 1. The molecule has 0 amide bonds. The van der Waals surface area contributed by atoms with Crippen LogP contribution < -0.4 is 0 Å². The van der Waals surface area contributed by atoms with E-state index in [0.717, 1.165) is 12.1 Å². The number of hydrogen-bond donors (Lipinski definition) is 0. The Balaban J connectivity index is 2.21. The summed E-state index contributed by atoms with van der Waals surface area (Å²) in [6.07, 6.45) is -1.58. The van der Waals surface area contributed by atoms with Gasteiger partial charge in [0.1, 0.15) is 5.76 Å². The zero-order valence-corrected chi connectivity index (χ0v) is 12.5. The molecule has 0 saturated heterocycles. The smallest absolute Gasteiger partial charge is 0.416 e. The van der Waals surface area contributed by atoms with Crippen LogP contribution in [-0.4, -0.2) is 17.6 Å². The maximum atomic E-state index is 12.6. The molecule has 0 bridgehead atoms. The van der Waals surface area contributed by atoms with Crippen molar-refractivity contribution < 1.29 is 27.1 Å². The van der Waals surface area contributed by atoms with Crippen molar-refractivity contribution in [1.29, 1.82) is 0 Å². The molecular weight excluding hydrogens is 311 g/mol. The van der Waals surface area contributed by atoms with Gasteiger partial charge in [-0.05, 0) is 37.6 Å². The summed E-state index contributed by atoms with van der Waals surface area (Å²) in [4.78, 5) is 15.6. The summed E-state index contributed by atoms with van der Waals surface area (Å²) in [6.45, 7) is 3.43. The van der Waals surface area contributed by atoms with Crippen molar-refractivity contribution in [2.24, 2.45) is 0 Å². The predicted molar refractivity (Wildman–Crippen MR) is 77.6 cm³/mol. The molecule has 4 nitrogen and oxygen atoms in total. The van der Waals surface area contributed by atoms with E-state index in [9.17, 15) is 18.0 Å². The van der Waals surface area contributed by atoms with Crippen molar-refractivity contribution in [1.82, 2.24) is 4.98 Å². The number of hydrogen-bond acceptors (Lipinski definition) is 4. The molecule has 23 heavy (non-hydrogen) atoms. The number of halogens is 3. The van der Waals surface area contributed by atoms with Gasteiger partial charge in [0, 0.05) is 6.08 Å². The van der Waals surface area contributed by atoms with Crippen molar-refractivity contribution >= 4 is 18.1 Å². The molecule has 0 spiro atoms. The average molecular weight is 325 g/mol. The van der Waals surface area contributed by atoms with Crippen molar-refractivity contribution in [2.45, 2.75) is 20.0 Å². The van der Waals surface area contributed by atoms with Crippen LogP contribution in [-0.2, 0) is 10.9 Å². The van der Waals surface area contributed by atoms with Gasteiger partial charge in [-0.15, -0.1) is 0 Å². The van der Waals surface area contributed by atoms with Crippen molar-refractivity contribution in [2.75, 3.05) is 6.61 Å². The number of alkyl halides is 3. The third-order valence-corrected chi connectivity index (χ3v) is 2.91. The first kappa shape index (κ1) is 16.8. The van der Waals surface area contributed by atoms with E-state index in [2.05, 4.69) is 4.98 Å². The fourth-order valence-corrected chi connectivity index (χ4v) is 1.86. The minimum atomic E-state index is -4.40. The van der Waals surface area contributed by atoms with Gasteiger partial charge in [-0.3, -0.25) is 0 Å². The van der Waals surface area contributed by atoms with Gasteiger partial charge in [-0.25, -0.2) is 9.78 Å². The van der Waals surface area contributed by atoms with Crippen LogP contribution in [0.1, 0.15) is 40.2 Å². The molecule has 1 aromatic heterocycles. The zero-order valence-electron chi connectivity index (χ0n) is 12.5. The first-order valence-corrected chi connectivity index (χ1v) is 6.81. The monoisotopic (exact) mass is 325 g/mol. The van der Waals surface area contributed by atoms with Crippen LogP contribution in [0.5, 0.6) is 0 Å². The number of nitrogens with zero attached hydrogens (tertiary/aromatic N) is 1. The van der Waals surface area contributed by atoms with Gasteiger partial charge >= 0.3 is 12.1 Å². The highest BCUT2D eigenvalue weighted by atomic mass is 19.4. The minimum Gasteiger partial charge on any atom is -0.461 e. The summed E-state index contributed by atoms with van der Waals surface area (Å²) in [5.74, 6) is -0.206. The Morgan fingerprint density at radius 1 is 1.35 bits per heavy atom. The van der Waals surface area contributed by atoms with Crippen LogP contribution in [0, 0.1) is 6.92 Å². The minimum absolute atomic E-state index is 0.0514. The molecule has 122 valence electrons. The summed E-state index contributed by atoms with van der Waals surface area (Å²) < 4.78 is 48.0. The SMILES string of the molecule is CCOC(=O)c1nc(/C=C/c2cccc(C(F)(F)F)c2)oc1C. The van der Waals surface area contributed by atoms with Crippen molar-refractivity contribution in [3.05, 3.63) is 52.7 Å². The number of aromatic nitrogens is 1. The largest absolute Gasteiger partial charge is 0.461 e. The number of oxazole rings is 1. The van der Waals surface area contributed by atoms with E-state index in [1.165, 1.54) is 24.3 Å². The van der Waals surface area contributed by atoms with E-state index >= 15 is 0 Å². The predicted octanol–water partition coefficient (Wildman–Crippen LogP) is 4.35. The number of rotatable bonds is 4. The molecule has 1 aromatic carbocycles. The van der Waals surface area contributed by atoms with Gasteiger partial charge in [0.2, 0.25) is 5.89 Å². The third-order valence-electron chi connectivity index (χ3n) is 2.91. The van der Waals surface area contributed by atoms with E-state index in [-0.39, 0.29) is 24.0 Å². The molecule has 0 aliphatic heterocycles. The van der Waals surface area contributed by atoms with Gasteiger partial charge < -0.3 is 9.15 Å². The molecule has 0 radical (unpaired) electrons. The molecule has 1 heterocycles. The average Bonchev–Trinajstić information content (AvgIpc) is 2.86. The quantitative estimate of drug-likeness (QED) is 0.784. The molecule has 2 rings (SSSR count). The highest BCUT2D eigenvalue weighted by Gasteiger charge is 2.30. The van der Waals surface area contributed by atoms with Crippen LogP contribution in [0.2, 0.25) is 0 Å². The molecule has 0 N–H and O–H groups in total. The van der Waals surface area contributed by atoms with E-state index < -0.39 is 17.7 Å². The number of aryl methyl sites for hydroxylation is 1. The van der Waals surface area contributed by atoms with Gasteiger partial charge in [0.15, 0.2) is 5.69 Å². The summed E-state index contributed by atoms with van der Waals surface area (Å²) in [6, 6.07) is 4.84. The van der Waals surface area contributed by atoms with Gasteiger partial charge in [-0.1, -0.05) is 12.1 Å². The lowest BCUT2D eigenvalue weighted by Crippen LogP contribution is -2.06. The standard InChI is InChI=1S/C16H14F3NO3/c1-3-22-15(21)14-10(2)23-13(20-14)8-7-11-5-4-6-12(9-11)16(17,18)19/h4-9H,3H2,1-2H3/b8-7+. The number of carbonyl (C=O) groups excluding carboxylic acids is 1. The second-order valence-electron chi connectivity index (χ2n) is 4.63. The molecule has 7 heteroatoms. The van der Waals surface area contributed by atoms with Gasteiger partial charge in [0.25, 0.3) is 0 Å². The first-order chi connectivity index (χ1) is 10.8. The molecular formula is C16H14F3NO3. The van der Waals surface area contributed by atoms with Crippen LogP contribution in [0.4, 0.5) is 13.2 Å². The first-order valence-electron chi connectivity index (χ1n) is 6.81.